The van der Waals surface area contributed by atoms with Gasteiger partial charge < -0.3 is 9.64 Å². The van der Waals surface area contributed by atoms with Gasteiger partial charge in [-0.05, 0) is 42.8 Å². The van der Waals surface area contributed by atoms with Crippen molar-refractivity contribution in [2.75, 3.05) is 18.6 Å². The van der Waals surface area contributed by atoms with Gasteiger partial charge in [0, 0.05) is 30.1 Å². The molecular formula is C20H17F3N4O2. The first-order valence-corrected chi connectivity index (χ1v) is 8.86. The van der Waals surface area contributed by atoms with E-state index in [2.05, 4.69) is 10.1 Å². The van der Waals surface area contributed by atoms with Crippen molar-refractivity contribution in [3.63, 3.8) is 0 Å². The zero-order valence-electron chi connectivity index (χ0n) is 15.6. The number of fused-ring (bicyclic) bond motifs is 1. The van der Waals surface area contributed by atoms with Crippen molar-refractivity contribution in [1.29, 1.82) is 0 Å². The summed E-state index contributed by atoms with van der Waals surface area (Å²) >= 11 is 0. The maximum atomic E-state index is 13.3. The van der Waals surface area contributed by atoms with Crippen LogP contribution in [0, 0.1) is 0 Å². The standard InChI is InChI=1S/C20H17F3N4O2/c1-12-11-26(15-5-3-14(4-6-15)20(21,22)23)19(28)18-16(10-25-27(12)18)13-7-8-24-17(9-13)29-2/h3-10,12H,11H2,1-2H3. The zero-order chi connectivity index (χ0) is 20.8. The van der Waals surface area contributed by atoms with E-state index in [4.69, 9.17) is 4.74 Å². The number of rotatable bonds is 3. The van der Waals surface area contributed by atoms with Crippen LogP contribution in [-0.4, -0.2) is 34.3 Å². The molecule has 0 saturated carbocycles. The average molecular weight is 402 g/mol. The lowest BCUT2D eigenvalue weighted by Gasteiger charge is -2.32. The summed E-state index contributed by atoms with van der Waals surface area (Å²) < 4.78 is 45.3. The predicted molar refractivity (Wildman–Crippen MR) is 99.8 cm³/mol. The van der Waals surface area contributed by atoms with E-state index in [9.17, 15) is 18.0 Å². The van der Waals surface area contributed by atoms with Gasteiger partial charge in [0.2, 0.25) is 5.88 Å². The van der Waals surface area contributed by atoms with Crippen molar-refractivity contribution in [2.24, 2.45) is 0 Å². The number of ether oxygens (including phenoxy) is 1. The number of hydrogen-bond acceptors (Lipinski definition) is 4. The topological polar surface area (TPSA) is 60.3 Å². The van der Waals surface area contributed by atoms with Gasteiger partial charge in [-0.2, -0.15) is 18.3 Å². The number of carbonyl (C=O) groups is 1. The molecule has 0 spiro atoms. The molecule has 3 aromatic rings. The Hall–Kier alpha value is -3.36. The van der Waals surface area contributed by atoms with E-state index in [1.807, 2.05) is 6.92 Å². The highest BCUT2D eigenvalue weighted by atomic mass is 19.4. The Labute approximate surface area is 164 Å². The van der Waals surface area contributed by atoms with E-state index in [0.29, 0.717) is 34.9 Å². The summed E-state index contributed by atoms with van der Waals surface area (Å²) in [5.74, 6) is 0.0736. The molecule has 3 heterocycles. The van der Waals surface area contributed by atoms with Crippen molar-refractivity contribution in [1.82, 2.24) is 14.8 Å². The van der Waals surface area contributed by atoms with Crippen LogP contribution in [0.4, 0.5) is 18.9 Å². The molecule has 1 atom stereocenters. The highest BCUT2D eigenvalue weighted by Gasteiger charge is 2.35. The average Bonchev–Trinajstić information content (AvgIpc) is 3.16. The number of benzene rings is 1. The van der Waals surface area contributed by atoms with E-state index < -0.39 is 11.7 Å². The van der Waals surface area contributed by atoms with Crippen LogP contribution in [0.3, 0.4) is 0 Å². The molecule has 1 aliphatic heterocycles. The van der Waals surface area contributed by atoms with E-state index in [0.717, 1.165) is 12.1 Å². The number of alkyl halides is 3. The lowest BCUT2D eigenvalue weighted by molar-refractivity contribution is -0.137. The van der Waals surface area contributed by atoms with Crippen molar-refractivity contribution >= 4 is 11.6 Å². The van der Waals surface area contributed by atoms with Crippen LogP contribution in [0.2, 0.25) is 0 Å². The normalized spacial score (nSPS) is 16.7. The van der Waals surface area contributed by atoms with Crippen LogP contribution in [0.5, 0.6) is 5.88 Å². The Morgan fingerprint density at radius 2 is 1.90 bits per heavy atom. The largest absolute Gasteiger partial charge is 0.481 e. The molecule has 4 rings (SSSR count). The number of hydrogen-bond donors (Lipinski definition) is 0. The molecule has 0 radical (unpaired) electrons. The number of methoxy groups -OCH3 is 1. The number of nitrogens with zero attached hydrogens (tertiary/aromatic N) is 4. The number of anilines is 1. The molecule has 0 saturated heterocycles. The van der Waals surface area contributed by atoms with E-state index in [1.54, 1.807) is 29.2 Å². The van der Waals surface area contributed by atoms with Crippen LogP contribution in [0.15, 0.2) is 48.8 Å². The van der Waals surface area contributed by atoms with Gasteiger partial charge in [0.1, 0.15) is 5.69 Å². The summed E-state index contributed by atoms with van der Waals surface area (Å²) in [6, 6.07) is 7.88. The van der Waals surface area contributed by atoms with Crippen molar-refractivity contribution in [2.45, 2.75) is 19.1 Å². The smallest absolute Gasteiger partial charge is 0.416 e. The fraction of sp³-hybridized carbons (Fsp3) is 0.250. The quantitative estimate of drug-likeness (QED) is 0.659. The molecule has 29 heavy (non-hydrogen) atoms. The predicted octanol–water partition coefficient (Wildman–Crippen LogP) is 4.19. The molecule has 2 aromatic heterocycles. The first kappa shape index (κ1) is 19.0. The number of amides is 1. The van der Waals surface area contributed by atoms with E-state index in [1.165, 1.54) is 24.1 Å². The van der Waals surface area contributed by atoms with Crippen LogP contribution < -0.4 is 9.64 Å². The maximum Gasteiger partial charge on any atom is 0.416 e. The minimum Gasteiger partial charge on any atom is -0.481 e. The monoisotopic (exact) mass is 402 g/mol. The van der Waals surface area contributed by atoms with Gasteiger partial charge in [-0.15, -0.1) is 0 Å². The first-order valence-electron chi connectivity index (χ1n) is 8.86. The first-order chi connectivity index (χ1) is 13.8. The molecule has 1 aliphatic rings. The summed E-state index contributed by atoms with van der Waals surface area (Å²) in [6.07, 6.45) is -1.25. The Kier molecular flexibility index (Phi) is 4.52. The summed E-state index contributed by atoms with van der Waals surface area (Å²) in [4.78, 5) is 18.8. The Balaban J connectivity index is 1.74. The lowest BCUT2D eigenvalue weighted by Crippen LogP contribution is -2.42. The molecule has 0 aliphatic carbocycles. The Morgan fingerprint density at radius 1 is 1.17 bits per heavy atom. The summed E-state index contributed by atoms with van der Waals surface area (Å²) in [5.41, 5.74) is 1.35. The van der Waals surface area contributed by atoms with Crippen molar-refractivity contribution in [3.8, 4) is 17.0 Å². The maximum absolute atomic E-state index is 13.3. The van der Waals surface area contributed by atoms with E-state index >= 15 is 0 Å². The third-order valence-electron chi connectivity index (χ3n) is 4.87. The molecule has 6 nitrogen and oxygen atoms in total. The lowest BCUT2D eigenvalue weighted by atomic mass is 10.0. The zero-order valence-corrected chi connectivity index (χ0v) is 15.6. The second kappa shape index (κ2) is 6.91. The molecule has 150 valence electrons. The van der Waals surface area contributed by atoms with Crippen molar-refractivity contribution < 1.29 is 22.7 Å². The second-order valence-electron chi connectivity index (χ2n) is 6.75. The van der Waals surface area contributed by atoms with Crippen molar-refractivity contribution in [3.05, 3.63) is 60.0 Å². The fourth-order valence-electron chi connectivity index (χ4n) is 3.41. The molecule has 9 heteroatoms. The Morgan fingerprint density at radius 3 is 2.55 bits per heavy atom. The molecular weight excluding hydrogens is 385 g/mol. The third kappa shape index (κ3) is 3.32. The van der Waals surface area contributed by atoms with Gasteiger partial charge in [-0.1, -0.05) is 0 Å². The number of aromatic nitrogens is 3. The number of halogens is 3. The number of carbonyl (C=O) groups excluding carboxylic acids is 1. The van der Waals surface area contributed by atoms with Gasteiger partial charge in [0.15, 0.2) is 0 Å². The van der Waals surface area contributed by atoms with Crippen LogP contribution >= 0.6 is 0 Å². The molecule has 1 aromatic carbocycles. The summed E-state index contributed by atoms with van der Waals surface area (Å²) in [6.45, 7) is 2.20. The minimum absolute atomic E-state index is 0.150. The molecule has 0 fully saturated rings. The van der Waals surface area contributed by atoms with Gasteiger partial charge >= 0.3 is 6.18 Å². The van der Waals surface area contributed by atoms with Crippen LogP contribution in [0.25, 0.3) is 11.1 Å². The summed E-state index contributed by atoms with van der Waals surface area (Å²) in [7, 11) is 1.50. The van der Waals surface area contributed by atoms with Crippen LogP contribution in [-0.2, 0) is 6.18 Å². The highest BCUT2D eigenvalue weighted by Crippen LogP contribution is 2.35. The van der Waals surface area contributed by atoms with Gasteiger partial charge in [0.05, 0.1) is 24.9 Å². The SMILES string of the molecule is COc1cc(-c2cnn3c2C(=O)N(c2ccc(C(F)(F)F)cc2)CC3C)ccn1. The second-order valence-corrected chi connectivity index (χ2v) is 6.75. The summed E-state index contributed by atoms with van der Waals surface area (Å²) in [5, 5.41) is 4.35. The van der Waals surface area contributed by atoms with E-state index in [-0.39, 0.29) is 11.9 Å². The molecule has 1 amide bonds. The highest BCUT2D eigenvalue weighted by molar-refractivity contribution is 6.09. The third-order valence-corrected chi connectivity index (χ3v) is 4.87. The fourth-order valence-corrected chi connectivity index (χ4v) is 3.41. The Bertz CT molecular complexity index is 1060. The van der Waals surface area contributed by atoms with Gasteiger partial charge in [-0.25, -0.2) is 4.98 Å². The van der Waals surface area contributed by atoms with Gasteiger partial charge in [0.25, 0.3) is 5.91 Å². The molecule has 0 N–H and O–H groups in total. The number of pyridine rings is 1. The molecule has 0 bridgehead atoms. The minimum atomic E-state index is -4.43. The van der Waals surface area contributed by atoms with Gasteiger partial charge in [-0.3, -0.25) is 9.48 Å². The molecule has 1 unspecified atom stereocenters. The van der Waals surface area contributed by atoms with Crippen LogP contribution in [0.1, 0.15) is 29.0 Å².